The molecule has 0 N–H and O–H groups in total. The number of fused-ring (bicyclic) bond motifs is 2. The van der Waals surface area contributed by atoms with Gasteiger partial charge in [-0.1, -0.05) is 13.8 Å². The first kappa shape index (κ1) is 14.7. The molecule has 0 spiro atoms. The molecule has 4 rings (SSSR count). The van der Waals surface area contributed by atoms with Gasteiger partial charge >= 0.3 is 0 Å². The summed E-state index contributed by atoms with van der Waals surface area (Å²) in [5, 5.41) is 0. The molecule has 1 saturated carbocycles. The van der Waals surface area contributed by atoms with Gasteiger partial charge in [-0.2, -0.15) is 0 Å². The maximum absolute atomic E-state index is 5.94. The van der Waals surface area contributed by atoms with E-state index in [9.17, 15) is 0 Å². The van der Waals surface area contributed by atoms with E-state index in [2.05, 4.69) is 50.2 Å². The molecular formula is C17H25N3OS. The van der Waals surface area contributed by atoms with E-state index in [0.717, 1.165) is 23.8 Å². The molecule has 1 aliphatic carbocycles. The second kappa shape index (κ2) is 4.79. The Morgan fingerprint density at radius 3 is 3.00 bits per heavy atom. The molecule has 1 aliphatic heterocycles. The SMILES string of the molecule is Cc1cn2c(CN(C)[C@@H]3[C@@H]4CCO[C@@H]4C3(C)C)c(C)nc2s1. The molecule has 2 aromatic heterocycles. The van der Waals surface area contributed by atoms with Gasteiger partial charge in [0.1, 0.15) is 0 Å². The summed E-state index contributed by atoms with van der Waals surface area (Å²) < 4.78 is 8.22. The summed E-state index contributed by atoms with van der Waals surface area (Å²) in [6, 6.07) is 0.602. The Kier molecular flexibility index (Phi) is 3.19. The summed E-state index contributed by atoms with van der Waals surface area (Å²) >= 11 is 1.77. The van der Waals surface area contributed by atoms with Crippen LogP contribution in [0.4, 0.5) is 0 Å². The fourth-order valence-corrected chi connectivity index (χ4v) is 5.72. The van der Waals surface area contributed by atoms with Crippen LogP contribution in [0.2, 0.25) is 0 Å². The third kappa shape index (κ3) is 1.92. The third-order valence-corrected chi connectivity index (χ3v) is 6.55. The van der Waals surface area contributed by atoms with Crippen molar-refractivity contribution in [3.63, 3.8) is 0 Å². The van der Waals surface area contributed by atoms with Crippen LogP contribution >= 0.6 is 11.3 Å². The van der Waals surface area contributed by atoms with Crippen LogP contribution in [0.1, 0.15) is 36.5 Å². The summed E-state index contributed by atoms with van der Waals surface area (Å²) in [6.07, 6.45) is 3.88. The van der Waals surface area contributed by atoms with Crippen molar-refractivity contribution in [1.29, 1.82) is 0 Å². The van der Waals surface area contributed by atoms with Crippen LogP contribution in [-0.4, -0.2) is 40.1 Å². The minimum Gasteiger partial charge on any atom is -0.377 e. The molecule has 5 heteroatoms. The highest BCUT2D eigenvalue weighted by molar-refractivity contribution is 7.17. The highest BCUT2D eigenvalue weighted by Crippen LogP contribution is 2.54. The van der Waals surface area contributed by atoms with Crippen molar-refractivity contribution in [3.05, 3.63) is 22.5 Å². The lowest BCUT2D eigenvalue weighted by atomic mass is 9.57. The molecule has 2 fully saturated rings. The summed E-state index contributed by atoms with van der Waals surface area (Å²) in [5.74, 6) is 0.702. The molecule has 0 amide bonds. The van der Waals surface area contributed by atoms with Crippen LogP contribution in [0.3, 0.4) is 0 Å². The minimum atomic E-state index is 0.248. The maximum atomic E-state index is 5.94. The second-order valence-corrected chi connectivity index (χ2v) is 8.78. The lowest BCUT2D eigenvalue weighted by Crippen LogP contribution is -2.65. The molecule has 0 radical (unpaired) electrons. The summed E-state index contributed by atoms with van der Waals surface area (Å²) in [5.41, 5.74) is 2.74. The molecule has 3 atom stereocenters. The smallest absolute Gasteiger partial charge is 0.194 e. The number of rotatable bonds is 3. The monoisotopic (exact) mass is 319 g/mol. The van der Waals surface area contributed by atoms with Gasteiger partial charge < -0.3 is 4.74 Å². The van der Waals surface area contributed by atoms with Crippen LogP contribution in [0.15, 0.2) is 6.20 Å². The zero-order chi connectivity index (χ0) is 15.6. The predicted molar refractivity (Wildman–Crippen MR) is 89.4 cm³/mol. The molecule has 0 aromatic carbocycles. The van der Waals surface area contributed by atoms with Gasteiger partial charge in [-0.3, -0.25) is 9.30 Å². The second-order valence-electron chi connectivity index (χ2n) is 7.56. The van der Waals surface area contributed by atoms with Gasteiger partial charge in [0.15, 0.2) is 4.96 Å². The number of hydrogen-bond donors (Lipinski definition) is 0. The van der Waals surface area contributed by atoms with E-state index < -0.39 is 0 Å². The van der Waals surface area contributed by atoms with E-state index in [1.165, 1.54) is 17.0 Å². The summed E-state index contributed by atoms with van der Waals surface area (Å²) in [7, 11) is 2.26. The molecule has 1 saturated heterocycles. The van der Waals surface area contributed by atoms with E-state index in [-0.39, 0.29) is 5.41 Å². The van der Waals surface area contributed by atoms with Gasteiger partial charge in [0.05, 0.1) is 17.5 Å². The van der Waals surface area contributed by atoms with Crippen molar-refractivity contribution in [1.82, 2.24) is 14.3 Å². The topological polar surface area (TPSA) is 29.8 Å². The number of hydrogen-bond acceptors (Lipinski definition) is 4. The van der Waals surface area contributed by atoms with Crippen molar-refractivity contribution < 1.29 is 4.74 Å². The lowest BCUT2D eigenvalue weighted by Gasteiger charge is -2.58. The minimum absolute atomic E-state index is 0.248. The van der Waals surface area contributed by atoms with Crippen LogP contribution in [-0.2, 0) is 11.3 Å². The zero-order valence-corrected chi connectivity index (χ0v) is 14.9. The average molecular weight is 319 g/mol. The molecule has 0 bridgehead atoms. The average Bonchev–Trinajstić information content (AvgIpc) is 3.06. The van der Waals surface area contributed by atoms with E-state index >= 15 is 0 Å². The predicted octanol–water partition coefficient (Wildman–Crippen LogP) is 3.26. The van der Waals surface area contributed by atoms with Crippen LogP contribution in [0, 0.1) is 25.2 Å². The molecular weight excluding hydrogens is 294 g/mol. The van der Waals surface area contributed by atoms with Crippen LogP contribution in [0.25, 0.3) is 4.96 Å². The largest absolute Gasteiger partial charge is 0.377 e. The van der Waals surface area contributed by atoms with Crippen LogP contribution in [0.5, 0.6) is 0 Å². The Morgan fingerprint density at radius 2 is 2.23 bits per heavy atom. The first-order valence-corrected chi connectivity index (χ1v) is 8.97. The maximum Gasteiger partial charge on any atom is 0.194 e. The van der Waals surface area contributed by atoms with Crippen molar-refractivity contribution in [2.24, 2.45) is 11.3 Å². The molecule has 120 valence electrons. The van der Waals surface area contributed by atoms with Crippen LogP contribution < -0.4 is 0 Å². The van der Waals surface area contributed by atoms with Gasteiger partial charge in [0.25, 0.3) is 0 Å². The van der Waals surface area contributed by atoms with Gasteiger partial charge in [-0.05, 0) is 27.3 Å². The van der Waals surface area contributed by atoms with Crippen molar-refractivity contribution in [2.75, 3.05) is 13.7 Å². The van der Waals surface area contributed by atoms with Gasteiger partial charge in [-0.25, -0.2) is 4.98 Å². The number of ether oxygens (including phenoxy) is 1. The normalized spacial score (nSPS) is 30.0. The van der Waals surface area contributed by atoms with E-state index in [1.807, 2.05) is 0 Å². The van der Waals surface area contributed by atoms with Gasteiger partial charge in [0, 0.05) is 41.6 Å². The Labute approximate surface area is 136 Å². The molecule has 22 heavy (non-hydrogen) atoms. The Hall–Kier alpha value is -0.910. The quantitative estimate of drug-likeness (QED) is 0.870. The fourth-order valence-electron chi connectivity index (χ4n) is 4.83. The van der Waals surface area contributed by atoms with Crippen molar-refractivity contribution in [2.45, 2.75) is 52.8 Å². The summed E-state index contributed by atoms with van der Waals surface area (Å²) in [4.78, 5) is 9.69. The highest BCUT2D eigenvalue weighted by atomic mass is 32.1. The number of aromatic nitrogens is 2. The van der Waals surface area contributed by atoms with Crippen molar-refractivity contribution >= 4 is 16.3 Å². The Bertz CT molecular complexity index is 717. The first-order chi connectivity index (χ1) is 10.4. The standard InChI is InChI=1S/C17H25N3OS/c1-10-8-20-13(11(2)18-16(20)22-10)9-19(5)14-12-6-7-21-15(12)17(14,3)4/h8,12,14-15H,6-7,9H2,1-5H3/t12-,14+,15-/m0/s1. The Morgan fingerprint density at radius 1 is 1.45 bits per heavy atom. The number of imidazole rings is 1. The number of nitrogens with zero attached hydrogens (tertiary/aromatic N) is 3. The number of aryl methyl sites for hydroxylation is 2. The molecule has 4 nitrogen and oxygen atoms in total. The van der Waals surface area contributed by atoms with Crippen molar-refractivity contribution in [3.8, 4) is 0 Å². The molecule has 2 aliphatic rings. The lowest BCUT2D eigenvalue weighted by molar-refractivity contribution is -0.151. The zero-order valence-electron chi connectivity index (χ0n) is 14.1. The summed E-state index contributed by atoms with van der Waals surface area (Å²) in [6.45, 7) is 10.9. The van der Waals surface area contributed by atoms with E-state index in [0.29, 0.717) is 18.1 Å². The molecule has 3 heterocycles. The van der Waals surface area contributed by atoms with E-state index in [1.54, 1.807) is 11.3 Å². The first-order valence-electron chi connectivity index (χ1n) is 8.15. The molecule has 2 aromatic rings. The third-order valence-electron chi connectivity index (χ3n) is 5.65. The fraction of sp³-hybridized carbons (Fsp3) is 0.706. The Balaban J connectivity index is 1.61. The number of thiazole rings is 1. The van der Waals surface area contributed by atoms with Gasteiger partial charge in [-0.15, -0.1) is 11.3 Å². The van der Waals surface area contributed by atoms with Gasteiger partial charge in [0.2, 0.25) is 0 Å². The highest BCUT2D eigenvalue weighted by Gasteiger charge is 2.60. The molecule has 0 unspecified atom stereocenters. The van der Waals surface area contributed by atoms with E-state index in [4.69, 9.17) is 9.72 Å².